The lowest BCUT2D eigenvalue weighted by atomic mass is 10.4. The van der Waals surface area contributed by atoms with Crippen LogP contribution in [0.2, 0.25) is 0 Å². The van der Waals surface area contributed by atoms with Crippen LogP contribution in [0.3, 0.4) is 0 Å². The van der Waals surface area contributed by atoms with Crippen molar-refractivity contribution in [2.75, 3.05) is 26.2 Å². The lowest BCUT2D eigenvalue weighted by Gasteiger charge is -2.30. The SMILES string of the molecule is CCCN(CC)N1CCCC1. The van der Waals surface area contributed by atoms with Crippen molar-refractivity contribution in [3.63, 3.8) is 0 Å². The Morgan fingerprint density at radius 3 is 2.27 bits per heavy atom. The van der Waals surface area contributed by atoms with Crippen LogP contribution in [-0.4, -0.2) is 36.2 Å². The molecule has 1 rings (SSSR count). The summed E-state index contributed by atoms with van der Waals surface area (Å²) in [6.45, 7) is 9.47. The number of hydrazine groups is 1. The maximum Gasteiger partial charge on any atom is 0.0133 e. The van der Waals surface area contributed by atoms with Gasteiger partial charge in [-0.15, -0.1) is 0 Å². The first-order valence-corrected chi connectivity index (χ1v) is 4.88. The highest BCUT2D eigenvalue weighted by Crippen LogP contribution is 2.10. The molecule has 0 N–H and O–H groups in total. The maximum absolute atomic E-state index is 2.50. The van der Waals surface area contributed by atoms with Gasteiger partial charge in [-0.2, -0.15) is 0 Å². The van der Waals surface area contributed by atoms with Crippen LogP contribution in [0, 0.1) is 0 Å². The summed E-state index contributed by atoms with van der Waals surface area (Å²) < 4.78 is 0. The molecule has 1 saturated heterocycles. The van der Waals surface area contributed by atoms with Gasteiger partial charge in [0, 0.05) is 26.2 Å². The molecule has 0 aromatic rings. The van der Waals surface area contributed by atoms with Gasteiger partial charge in [0.05, 0.1) is 0 Å². The molecule has 0 amide bonds. The van der Waals surface area contributed by atoms with Crippen LogP contribution in [-0.2, 0) is 0 Å². The van der Waals surface area contributed by atoms with Crippen molar-refractivity contribution in [3.8, 4) is 0 Å². The van der Waals surface area contributed by atoms with E-state index in [1.54, 1.807) is 0 Å². The molecular weight excluding hydrogens is 136 g/mol. The molecule has 11 heavy (non-hydrogen) atoms. The molecule has 0 aromatic carbocycles. The second kappa shape index (κ2) is 4.73. The molecular formula is C9H20N2. The fraction of sp³-hybridized carbons (Fsp3) is 1.00. The molecule has 0 saturated carbocycles. The highest BCUT2D eigenvalue weighted by atomic mass is 15.6. The third-order valence-corrected chi connectivity index (χ3v) is 2.33. The van der Waals surface area contributed by atoms with Crippen LogP contribution >= 0.6 is 0 Å². The molecule has 0 unspecified atom stereocenters. The van der Waals surface area contributed by atoms with E-state index in [1.165, 1.54) is 45.4 Å². The number of hydrogen-bond acceptors (Lipinski definition) is 2. The summed E-state index contributed by atoms with van der Waals surface area (Å²) >= 11 is 0. The average Bonchev–Trinajstić information content (AvgIpc) is 2.52. The van der Waals surface area contributed by atoms with E-state index in [-0.39, 0.29) is 0 Å². The van der Waals surface area contributed by atoms with Crippen LogP contribution in [0.15, 0.2) is 0 Å². The molecule has 0 aliphatic carbocycles. The normalized spacial score (nSPS) is 19.9. The molecule has 2 heteroatoms. The monoisotopic (exact) mass is 156 g/mol. The van der Waals surface area contributed by atoms with E-state index in [0.29, 0.717) is 0 Å². The van der Waals surface area contributed by atoms with Crippen molar-refractivity contribution in [2.24, 2.45) is 0 Å². The Hall–Kier alpha value is -0.0800. The second-order valence-corrected chi connectivity index (χ2v) is 3.21. The van der Waals surface area contributed by atoms with Gasteiger partial charge in [-0.3, -0.25) is 0 Å². The smallest absolute Gasteiger partial charge is 0.0133 e. The van der Waals surface area contributed by atoms with E-state index in [9.17, 15) is 0 Å². The van der Waals surface area contributed by atoms with Crippen molar-refractivity contribution in [1.82, 2.24) is 10.0 Å². The van der Waals surface area contributed by atoms with Crippen molar-refractivity contribution in [2.45, 2.75) is 33.1 Å². The minimum atomic E-state index is 1.17. The first-order chi connectivity index (χ1) is 5.38. The van der Waals surface area contributed by atoms with Gasteiger partial charge < -0.3 is 0 Å². The van der Waals surface area contributed by atoms with E-state index < -0.39 is 0 Å². The molecule has 66 valence electrons. The third kappa shape index (κ3) is 2.46. The van der Waals surface area contributed by atoms with Gasteiger partial charge in [0.25, 0.3) is 0 Å². The maximum atomic E-state index is 2.50. The molecule has 0 radical (unpaired) electrons. The van der Waals surface area contributed by atoms with E-state index in [0.717, 1.165) is 0 Å². The van der Waals surface area contributed by atoms with Gasteiger partial charge in [0.1, 0.15) is 0 Å². The number of nitrogens with zero attached hydrogens (tertiary/aromatic N) is 2. The first-order valence-electron chi connectivity index (χ1n) is 4.88. The zero-order valence-electron chi connectivity index (χ0n) is 7.84. The highest BCUT2D eigenvalue weighted by molar-refractivity contribution is 4.64. The van der Waals surface area contributed by atoms with Gasteiger partial charge in [0.2, 0.25) is 0 Å². The summed E-state index contributed by atoms with van der Waals surface area (Å²) in [6.07, 6.45) is 4.05. The quantitative estimate of drug-likeness (QED) is 0.611. The van der Waals surface area contributed by atoms with Crippen molar-refractivity contribution in [1.29, 1.82) is 0 Å². The molecule has 0 spiro atoms. The fourth-order valence-corrected chi connectivity index (χ4v) is 1.74. The van der Waals surface area contributed by atoms with Crippen LogP contribution in [0.25, 0.3) is 0 Å². The molecule has 0 atom stereocenters. The summed E-state index contributed by atoms with van der Waals surface area (Å²) in [4.78, 5) is 0. The minimum Gasteiger partial charge on any atom is -0.242 e. The fourth-order valence-electron chi connectivity index (χ4n) is 1.74. The Morgan fingerprint density at radius 2 is 1.82 bits per heavy atom. The molecule has 1 aliphatic rings. The van der Waals surface area contributed by atoms with E-state index >= 15 is 0 Å². The Bertz CT molecular complexity index is 97.7. The van der Waals surface area contributed by atoms with Crippen LogP contribution in [0.4, 0.5) is 0 Å². The molecule has 0 bridgehead atoms. The summed E-state index contributed by atoms with van der Waals surface area (Å²) in [5, 5.41) is 4.98. The third-order valence-electron chi connectivity index (χ3n) is 2.33. The predicted octanol–water partition coefficient (Wildman–Crippen LogP) is 1.73. The minimum absolute atomic E-state index is 1.17. The second-order valence-electron chi connectivity index (χ2n) is 3.21. The van der Waals surface area contributed by atoms with Gasteiger partial charge in [0.15, 0.2) is 0 Å². The summed E-state index contributed by atoms with van der Waals surface area (Å²) in [5.74, 6) is 0. The predicted molar refractivity (Wildman–Crippen MR) is 48.3 cm³/mol. The zero-order chi connectivity index (χ0) is 8.10. The molecule has 1 heterocycles. The van der Waals surface area contributed by atoms with Gasteiger partial charge in [-0.1, -0.05) is 13.8 Å². The molecule has 1 fully saturated rings. The van der Waals surface area contributed by atoms with Gasteiger partial charge in [-0.25, -0.2) is 10.0 Å². The Balaban J connectivity index is 2.27. The van der Waals surface area contributed by atoms with Gasteiger partial charge in [-0.05, 0) is 19.3 Å². The van der Waals surface area contributed by atoms with Gasteiger partial charge >= 0.3 is 0 Å². The number of hydrogen-bond donors (Lipinski definition) is 0. The Morgan fingerprint density at radius 1 is 1.18 bits per heavy atom. The van der Waals surface area contributed by atoms with Crippen LogP contribution in [0.5, 0.6) is 0 Å². The van der Waals surface area contributed by atoms with Crippen molar-refractivity contribution < 1.29 is 0 Å². The van der Waals surface area contributed by atoms with Crippen LogP contribution in [0.1, 0.15) is 33.1 Å². The lowest BCUT2D eigenvalue weighted by molar-refractivity contribution is 0.00209. The zero-order valence-corrected chi connectivity index (χ0v) is 7.84. The standard InChI is InChI=1S/C9H20N2/c1-3-7-10(4-2)11-8-5-6-9-11/h3-9H2,1-2H3. The molecule has 2 nitrogen and oxygen atoms in total. The highest BCUT2D eigenvalue weighted by Gasteiger charge is 2.16. The summed E-state index contributed by atoms with van der Waals surface area (Å²) in [5.41, 5.74) is 0. The lowest BCUT2D eigenvalue weighted by Crippen LogP contribution is -2.40. The average molecular weight is 156 g/mol. The largest absolute Gasteiger partial charge is 0.242 e. The first kappa shape index (κ1) is 9.01. The Labute approximate surface area is 70.1 Å². The topological polar surface area (TPSA) is 6.48 Å². The molecule has 0 aromatic heterocycles. The van der Waals surface area contributed by atoms with Crippen molar-refractivity contribution >= 4 is 0 Å². The molecule has 1 aliphatic heterocycles. The van der Waals surface area contributed by atoms with E-state index in [1.807, 2.05) is 0 Å². The van der Waals surface area contributed by atoms with E-state index in [4.69, 9.17) is 0 Å². The van der Waals surface area contributed by atoms with Crippen LogP contribution < -0.4 is 0 Å². The number of rotatable bonds is 4. The van der Waals surface area contributed by atoms with E-state index in [2.05, 4.69) is 23.9 Å². The summed E-state index contributed by atoms with van der Waals surface area (Å²) in [6, 6.07) is 0. The Kier molecular flexibility index (Phi) is 3.87. The summed E-state index contributed by atoms with van der Waals surface area (Å²) in [7, 11) is 0. The van der Waals surface area contributed by atoms with Crippen molar-refractivity contribution in [3.05, 3.63) is 0 Å².